The highest BCUT2D eigenvalue weighted by molar-refractivity contribution is 8.18. The molecule has 0 N–H and O–H groups in total. The average Bonchev–Trinajstić information content (AvgIpc) is 3.10. The third-order valence-corrected chi connectivity index (χ3v) is 6.59. The Bertz CT molecular complexity index is 1120. The first-order chi connectivity index (χ1) is 15.9. The Morgan fingerprint density at radius 2 is 1.70 bits per heavy atom. The number of methoxy groups -OCH3 is 3. The van der Waals surface area contributed by atoms with Crippen LogP contribution in [0.15, 0.2) is 41.3 Å². The third-order valence-electron chi connectivity index (χ3n) is 5.68. The smallest absolute Gasteiger partial charge is 0.294 e. The quantitative estimate of drug-likeness (QED) is 0.601. The van der Waals surface area contributed by atoms with Crippen molar-refractivity contribution in [2.75, 3.05) is 34.4 Å². The molecule has 0 aliphatic carbocycles. The van der Waals surface area contributed by atoms with Crippen molar-refractivity contribution in [1.29, 1.82) is 0 Å². The van der Waals surface area contributed by atoms with Gasteiger partial charge in [-0.25, -0.2) is 0 Å². The van der Waals surface area contributed by atoms with Crippen LogP contribution in [-0.4, -0.2) is 61.3 Å². The summed E-state index contributed by atoms with van der Waals surface area (Å²) in [5.74, 6) is 0.619. The van der Waals surface area contributed by atoms with E-state index in [9.17, 15) is 14.4 Å². The van der Waals surface area contributed by atoms with Crippen molar-refractivity contribution in [2.24, 2.45) is 0 Å². The minimum absolute atomic E-state index is 0.193. The van der Waals surface area contributed by atoms with E-state index >= 15 is 0 Å². The molecule has 0 aromatic heterocycles. The molecule has 1 fully saturated rings. The normalized spacial score (nSPS) is 16.8. The molecule has 1 saturated heterocycles. The van der Waals surface area contributed by atoms with Crippen LogP contribution >= 0.6 is 11.8 Å². The number of hydrogen-bond acceptors (Lipinski definition) is 7. The number of nitrogens with zero attached hydrogens (tertiary/aromatic N) is 2. The molecule has 0 saturated carbocycles. The monoisotopic (exact) mass is 468 g/mol. The molecule has 172 valence electrons. The average molecular weight is 469 g/mol. The second-order valence-corrected chi connectivity index (χ2v) is 8.54. The van der Waals surface area contributed by atoms with E-state index in [0.717, 1.165) is 28.6 Å². The zero-order valence-electron chi connectivity index (χ0n) is 18.6. The van der Waals surface area contributed by atoms with Gasteiger partial charge in [-0.2, -0.15) is 0 Å². The molecule has 0 radical (unpaired) electrons. The van der Waals surface area contributed by atoms with Gasteiger partial charge >= 0.3 is 0 Å². The summed E-state index contributed by atoms with van der Waals surface area (Å²) in [6.45, 7) is 0.741. The lowest BCUT2D eigenvalue weighted by molar-refractivity contribution is -0.136. The second kappa shape index (κ2) is 9.58. The minimum Gasteiger partial charge on any atom is -0.496 e. The predicted octanol–water partition coefficient (Wildman–Crippen LogP) is 3.33. The maximum atomic E-state index is 13.0. The van der Waals surface area contributed by atoms with Crippen LogP contribution in [0.2, 0.25) is 0 Å². The van der Waals surface area contributed by atoms with Gasteiger partial charge in [-0.05, 0) is 35.4 Å². The highest BCUT2D eigenvalue weighted by atomic mass is 32.2. The molecule has 2 aliphatic rings. The van der Waals surface area contributed by atoms with Gasteiger partial charge in [0.2, 0.25) is 5.91 Å². The Hall–Kier alpha value is -3.46. The summed E-state index contributed by atoms with van der Waals surface area (Å²) in [5.41, 5.74) is 2.81. The topological polar surface area (TPSA) is 85.4 Å². The summed E-state index contributed by atoms with van der Waals surface area (Å²) in [7, 11) is 4.51. The fourth-order valence-corrected chi connectivity index (χ4v) is 4.71. The molecular formula is C24H24N2O6S. The third kappa shape index (κ3) is 4.54. The first kappa shape index (κ1) is 22.7. The number of carbonyl (C=O) groups excluding carboxylic acids is 3. The lowest BCUT2D eigenvalue weighted by Gasteiger charge is -2.29. The van der Waals surface area contributed by atoms with E-state index in [4.69, 9.17) is 14.2 Å². The van der Waals surface area contributed by atoms with Gasteiger partial charge in [-0.3, -0.25) is 19.3 Å². The number of amides is 3. The number of carbonyl (C=O) groups is 3. The molecule has 2 aromatic rings. The number of fused-ring (bicyclic) bond motifs is 1. The highest BCUT2D eigenvalue weighted by Gasteiger charge is 2.38. The van der Waals surface area contributed by atoms with Gasteiger partial charge in [-0.15, -0.1) is 0 Å². The molecular weight excluding hydrogens is 444 g/mol. The molecule has 0 spiro atoms. The summed E-state index contributed by atoms with van der Waals surface area (Å²) >= 11 is 0.788. The Balaban J connectivity index is 1.53. The summed E-state index contributed by atoms with van der Waals surface area (Å²) in [6.07, 6.45) is 2.30. The molecule has 3 amide bonds. The molecule has 2 heterocycles. The van der Waals surface area contributed by atoms with Crippen LogP contribution in [0.1, 0.15) is 16.7 Å². The van der Waals surface area contributed by atoms with Crippen molar-refractivity contribution in [3.8, 4) is 17.2 Å². The Morgan fingerprint density at radius 1 is 1.03 bits per heavy atom. The van der Waals surface area contributed by atoms with Gasteiger partial charge in [0, 0.05) is 25.2 Å². The van der Waals surface area contributed by atoms with Gasteiger partial charge in [0.15, 0.2) is 0 Å². The number of benzene rings is 2. The summed E-state index contributed by atoms with van der Waals surface area (Å²) in [4.78, 5) is 41.3. The molecule has 0 bridgehead atoms. The van der Waals surface area contributed by atoms with Crippen molar-refractivity contribution in [3.63, 3.8) is 0 Å². The fraction of sp³-hybridized carbons (Fsp3) is 0.292. The van der Waals surface area contributed by atoms with Crippen LogP contribution in [0, 0.1) is 0 Å². The van der Waals surface area contributed by atoms with Crippen molar-refractivity contribution in [2.45, 2.75) is 13.0 Å². The van der Waals surface area contributed by atoms with E-state index in [-0.39, 0.29) is 17.4 Å². The molecule has 2 aliphatic heterocycles. The molecule has 33 heavy (non-hydrogen) atoms. The second-order valence-electron chi connectivity index (χ2n) is 7.55. The van der Waals surface area contributed by atoms with E-state index < -0.39 is 11.1 Å². The largest absolute Gasteiger partial charge is 0.496 e. The maximum absolute atomic E-state index is 13.0. The Morgan fingerprint density at radius 3 is 2.33 bits per heavy atom. The van der Waals surface area contributed by atoms with Crippen LogP contribution in [0.5, 0.6) is 17.2 Å². The van der Waals surface area contributed by atoms with Gasteiger partial charge < -0.3 is 19.1 Å². The summed E-state index contributed by atoms with van der Waals surface area (Å²) < 4.78 is 16.1. The van der Waals surface area contributed by atoms with Crippen molar-refractivity contribution in [1.82, 2.24) is 9.80 Å². The van der Waals surface area contributed by atoms with E-state index in [1.165, 1.54) is 26.9 Å². The van der Waals surface area contributed by atoms with Gasteiger partial charge in [0.05, 0.1) is 31.8 Å². The molecule has 8 nitrogen and oxygen atoms in total. The fourth-order valence-electron chi connectivity index (χ4n) is 3.89. The van der Waals surface area contributed by atoms with Gasteiger partial charge in [0.25, 0.3) is 11.1 Å². The van der Waals surface area contributed by atoms with Crippen molar-refractivity contribution < 1.29 is 28.6 Å². The molecule has 2 aromatic carbocycles. The van der Waals surface area contributed by atoms with Crippen LogP contribution in [0.3, 0.4) is 0 Å². The van der Waals surface area contributed by atoms with Gasteiger partial charge in [-0.1, -0.05) is 24.3 Å². The Labute approximate surface area is 196 Å². The minimum atomic E-state index is -0.518. The number of ether oxygens (including phenoxy) is 3. The van der Waals surface area contributed by atoms with Gasteiger partial charge in [0.1, 0.15) is 23.8 Å². The SMILES string of the molecule is COc1cc(OC)c(/C=C2\SC(=O)N(CC(=O)N3CCc4ccccc4C3)C2=O)c(OC)c1. The van der Waals surface area contributed by atoms with E-state index in [1.807, 2.05) is 18.2 Å². The number of imide groups is 1. The molecule has 4 rings (SSSR count). The first-order valence-corrected chi connectivity index (χ1v) is 11.2. The highest BCUT2D eigenvalue weighted by Crippen LogP contribution is 2.39. The zero-order valence-corrected chi connectivity index (χ0v) is 19.4. The Kier molecular flexibility index (Phi) is 6.60. The zero-order chi connectivity index (χ0) is 23.5. The van der Waals surface area contributed by atoms with E-state index in [1.54, 1.807) is 23.1 Å². The molecule has 0 unspecified atom stereocenters. The summed E-state index contributed by atoms with van der Waals surface area (Å²) in [6, 6.07) is 11.3. The predicted molar refractivity (Wildman–Crippen MR) is 124 cm³/mol. The lowest BCUT2D eigenvalue weighted by Crippen LogP contribution is -2.44. The standard InChI is InChI=1S/C24H24N2O6S/c1-30-17-10-19(31-2)18(20(11-17)32-3)12-21-23(28)26(24(29)33-21)14-22(27)25-9-8-15-6-4-5-7-16(15)13-25/h4-7,10-12H,8-9,13-14H2,1-3H3/b21-12-. The number of hydrogen-bond donors (Lipinski definition) is 0. The van der Waals surface area contributed by atoms with E-state index in [2.05, 4.69) is 6.07 Å². The van der Waals surface area contributed by atoms with Crippen molar-refractivity contribution >= 4 is 34.9 Å². The van der Waals surface area contributed by atoms with Crippen molar-refractivity contribution in [3.05, 3.63) is 58.0 Å². The van der Waals surface area contributed by atoms with Crippen LogP contribution in [0.4, 0.5) is 4.79 Å². The van der Waals surface area contributed by atoms with E-state index in [0.29, 0.717) is 35.9 Å². The number of rotatable bonds is 6. The van der Waals surface area contributed by atoms with Crippen LogP contribution < -0.4 is 14.2 Å². The number of thioether (sulfide) groups is 1. The first-order valence-electron chi connectivity index (χ1n) is 10.3. The molecule has 9 heteroatoms. The van der Waals surface area contributed by atoms with Crippen LogP contribution in [-0.2, 0) is 22.6 Å². The summed E-state index contributed by atoms with van der Waals surface area (Å²) in [5, 5.41) is -0.483. The molecule has 0 atom stereocenters. The van der Waals surface area contributed by atoms with Crippen LogP contribution in [0.25, 0.3) is 6.08 Å². The lowest BCUT2D eigenvalue weighted by atomic mass is 10.00. The maximum Gasteiger partial charge on any atom is 0.294 e.